The van der Waals surface area contributed by atoms with E-state index in [2.05, 4.69) is 18.7 Å². The molecule has 0 aromatic carbocycles. The van der Waals surface area contributed by atoms with Gasteiger partial charge in [-0.3, -0.25) is 9.80 Å². The molecule has 0 bridgehead atoms. The topological polar surface area (TPSA) is 70.1 Å². The van der Waals surface area contributed by atoms with Crippen molar-refractivity contribution in [3.8, 4) is 0 Å². The Balaban J connectivity index is 2.07. The Kier molecular flexibility index (Phi) is 3.24. The smallest absolute Gasteiger partial charge is 0.412 e. The number of ether oxygens (including phenoxy) is 1. The molecule has 17 heavy (non-hydrogen) atoms. The summed E-state index contributed by atoms with van der Waals surface area (Å²) in [6.07, 6.45) is 0.392. The lowest BCUT2D eigenvalue weighted by molar-refractivity contribution is -0.144. The lowest BCUT2D eigenvalue weighted by atomic mass is 10.2. The minimum Gasteiger partial charge on any atom is -0.478 e. The first-order valence-corrected chi connectivity index (χ1v) is 5.96. The van der Waals surface area contributed by atoms with Crippen molar-refractivity contribution in [1.82, 2.24) is 9.80 Å². The van der Waals surface area contributed by atoms with Crippen LogP contribution in [0.4, 0.5) is 4.79 Å². The molecule has 96 valence electrons. The molecule has 6 heteroatoms. The van der Waals surface area contributed by atoms with Gasteiger partial charge >= 0.3 is 12.1 Å². The molecule has 0 radical (unpaired) electrons. The number of carboxylic acid groups (broad SMARTS) is 1. The number of carboxylic acids is 1. The van der Waals surface area contributed by atoms with Gasteiger partial charge in [-0.25, -0.2) is 9.59 Å². The Labute approximate surface area is 100 Å². The fourth-order valence-electron chi connectivity index (χ4n) is 2.56. The van der Waals surface area contributed by atoms with Crippen LogP contribution >= 0.6 is 0 Å². The molecule has 0 aliphatic carbocycles. The number of rotatable bonds is 3. The zero-order valence-corrected chi connectivity index (χ0v) is 10.1. The lowest BCUT2D eigenvalue weighted by Crippen LogP contribution is -2.48. The molecule has 1 N–H and O–H groups in total. The summed E-state index contributed by atoms with van der Waals surface area (Å²) in [7, 11) is 0. The van der Waals surface area contributed by atoms with Crippen molar-refractivity contribution in [2.24, 2.45) is 0 Å². The van der Waals surface area contributed by atoms with Crippen LogP contribution in [0.15, 0.2) is 0 Å². The third-order valence-corrected chi connectivity index (χ3v) is 3.40. The Morgan fingerprint density at radius 1 is 1.53 bits per heavy atom. The third kappa shape index (κ3) is 2.22. The second kappa shape index (κ2) is 4.52. The molecule has 2 aliphatic rings. The van der Waals surface area contributed by atoms with Crippen LogP contribution in [-0.4, -0.2) is 58.4 Å². The molecule has 1 unspecified atom stereocenters. The fourth-order valence-corrected chi connectivity index (χ4v) is 2.56. The van der Waals surface area contributed by atoms with Crippen molar-refractivity contribution in [3.63, 3.8) is 0 Å². The molecule has 2 rings (SSSR count). The Morgan fingerprint density at radius 3 is 2.76 bits per heavy atom. The quantitative estimate of drug-likeness (QED) is 0.789. The van der Waals surface area contributed by atoms with Crippen molar-refractivity contribution in [1.29, 1.82) is 0 Å². The summed E-state index contributed by atoms with van der Waals surface area (Å²) in [5, 5.41) is 8.85. The van der Waals surface area contributed by atoms with Crippen LogP contribution in [0.2, 0.25) is 0 Å². The highest BCUT2D eigenvalue weighted by Crippen LogP contribution is 2.27. The van der Waals surface area contributed by atoms with Crippen molar-refractivity contribution >= 4 is 12.1 Å². The van der Waals surface area contributed by atoms with Crippen LogP contribution in [0.3, 0.4) is 0 Å². The molecule has 6 nitrogen and oxygen atoms in total. The summed E-state index contributed by atoms with van der Waals surface area (Å²) < 4.78 is 4.84. The minimum absolute atomic E-state index is 0.00755. The largest absolute Gasteiger partial charge is 0.478 e. The standard InChI is InChI=1S/C11H18N2O4/c1-7(2)12-5-3-4-9(12)13-6-8(10(14)15)17-11(13)16/h7-9H,3-6H2,1-2H3,(H,14,15)/t8-,9?/m1/s1. The van der Waals surface area contributed by atoms with Gasteiger partial charge in [0, 0.05) is 12.6 Å². The molecule has 0 aromatic heterocycles. The predicted octanol–water partition coefficient (Wildman–Crippen LogP) is 0.722. The van der Waals surface area contributed by atoms with Gasteiger partial charge in [0.2, 0.25) is 6.10 Å². The van der Waals surface area contributed by atoms with E-state index in [9.17, 15) is 9.59 Å². The summed E-state index contributed by atoms with van der Waals surface area (Å²) in [5.41, 5.74) is 0. The van der Waals surface area contributed by atoms with Crippen LogP contribution in [0.25, 0.3) is 0 Å². The number of hydrogen-bond donors (Lipinski definition) is 1. The number of aliphatic carboxylic acids is 1. The fraction of sp³-hybridized carbons (Fsp3) is 0.818. The maximum atomic E-state index is 11.7. The van der Waals surface area contributed by atoms with E-state index in [1.165, 1.54) is 0 Å². The molecule has 0 aromatic rings. The van der Waals surface area contributed by atoms with Gasteiger partial charge in [0.25, 0.3) is 0 Å². The highest BCUT2D eigenvalue weighted by Gasteiger charge is 2.43. The average Bonchev–Trinajstić information content (AvgIpc) is 2.82. The SMILES string of the molecule is CC(C)N1CCCC1N1C[C@H](C(=O)O)OC1=O. The zero-order valence-electron chi connectivity index (χ0n) is 10.1. The summed E-state index contributed by atoms with van der Waals surface area (Å²) >= 11 is 0. The summed E-state index contributed by atoms with van der Waals surface area (Å²) in [6.45, 7) is 5.26. The zero-order chi connectivity index (χ0) is 12.6. The van der Waals surface area contributed by atoms with Gasteiger partial charge in [-0.05, 0) is 26.7 Å². The van der Waals surface area contributed by atoms with Crippen molar-refractivity contribution in [2.45, 2.75) is 45.0 Å². The molecule has 2 fully saturated rings. The molecule has 0 spiro atoms. The molecule has 1 amide bonds. The average molecular weight is 242 g/mol. The number of carbonyl (C=O) groups is 2. The van der Waals surface area contributed by atoms with Gasteiger partial charge in [0.1, 0.15) is 0 Å². The molecule has 2 heterocycles. The summed E-state index contributed by atoms with van der Waals surface area (Å²) in [4.78, 5) is 26.2. The Morgan fingerprint density at radius 2 is 2.24 bits per heavy atom. The Bertz CT molecular complexity index is 331. The minimum atomic E-state index is -1.07. The first kappa shape index (κ1) is 12.2. The normalized spacial score (nSPS) is 30.1. The number of nitrogens with zero attached hydrogens (tertiary/aromatic N) is 2. The van der Waals surface area contributed by atoms with Crippen LogP contribution in [0, 0.1) is 0 Å². The number of carbonyl (C=O) groups excluding carboxylic acids is 1. The van der Waals surface area contributed by atoms with Gasteiger partial charge in [-0.2, -0.15) is 0 Å². The summed E-state index contributed by atoms with van der Waals surface area (Å²) in [6, 6.07) is 0.346. The number of likely N-dealkylation sites (tertiary alicyclic amines) is 1. The van der Waals surface area contributed by atoms with E-state index in [1.54, 1.807) is 4.90 Å². The van der Waals surface area contributed by atoms with Gasteiger partial charge in [0.05, 0.1) is 12.7 Å². The van der Waals surface area contributed by atoms with Crippen molar-refractivity contribution in [2.75, 3.05) is 13.1 Å². The van der Waals surface area contributed by atoms with Crippen molar-refractivity contribution in [3.05, 3.63) is 0 Å². The van der Waals surface area contributed by atoms with Crippen LogP contribution in [0.1, 0.15) is 26.7 Å². The van der Waals surface area contributed by atoms with Crippen LogP contribution in [-0.2, 0) is 9.53 Å². The van der Waals surface area contributed by atoms with E-state index in [1.807, 2.05) is 0 Å². The molecule has 2 atom stereocenters. The number of hydrogen-bond acceptors (Lipinski definition) is 4. The maximum Gasteiger partial charge on any atom is 0.412 e. The third-order valence-electron chi connectivity index (χ3n) is 3.40. The Hall–Kier alpha value is -1.30. The van der Waals surface area contributed by atoms with E-state index >= 15 is 0 Å². The van der Waals surface area contributed by atoms with E-state index in [0.29, 0.717) is 6.04 Å². The predicted molar refractivity (Wildman–Crippen MR) is 59.5 cm³/mol. The van der Waals surface area contributed by atoms with Crippen LogP contribution in [0.5, 0.6) is 0 Å². The van der Waals surface area contributed by atoms with Gasteiger partial charge in [-0.15, -0.1) is 0 Å². The lowest BCUT2D eigenvalue weighted by Gasteiger charge is -2.33. The molecule has 0 saturated carbocycles. The van der Waals surface area contributed by atoms with Crippen LogP contribution < -0.4 is 0 Å². The van der Waals surface area contributed by atoms with Gasteiger partial charge < -0.3 is 9.84 Å². The van der Waals surface area contributed by atoms with E-state index < -0.39 is 18.2 Å². The van der Waals surface area contributed by atoms with Gasteiger partial charge in [0.15, 0.2) is 0 Å². The van der Waals surface area contributed by atoms with E-state index in [-0.39, 0.29) is 12.7 Å². The van der Waals surface area contributed by atoms with Gasteiger partial charge in [-0.1, -0.05) is 0 Å². The number of cyclic esters (lactones) is 1. The monoisotopic (exact) mass is 242 g/mol. The van der Waals surface area contributed by atoms with Crippen molar-refractivity contribution < 1.29 is 19.4 Å². The molecule has 2 saturated heterocycles. The second-order valence-corrected chi connectivity index (χ2v) is 4.82. The van der Waals surface area contributed by atoms with E-state index in [4.69, 9.17) is 9.84 Å². The maximum absolute atomic E-state index is 11.7. The molecular weight excluding hydrogens is 224 g/mol. The highest BCUT2D eigenvalue weighted by molar-refractivity contribution is 5.81. The first-order chi connectivity index (χ1) is 8.00. The number of amides is 1. The molecular formula is C11H18N2O4. The first-order valence-electron chi connectivity index (χ1n) is 5.96. The highest BCUT2D eigenvalue weighted by atomic mass is 16.6. The second-order valence-electron chi connectivity index (χ2n) is 4.82. The molecule has 2 aliphatic heterocycles. The summed E-state index contributed by atoms with van der Waals surface area (Å²) in [5.74, 6) is -1.07. The van der Waals surface area contributed by atoms with E-state index in [0.717, 1.165) is 19.4 Å².